The molecule has 1 amide bonds. The van der Waals surface area contributed by atoms with Crippen LogP contribution in [-0.2, 0) is 16.1 Å². The first kappa shape index (κ1) is 18.1. The summed E-state index contributed by atoms with van der Waals surface area (Å²) in [5.41, 5.74) is 1.30. The Morgan fingerprint density at radius 3 is 2.15 bits per heavy atom. The van der Waals surface area contributed by atoms with Crippen LogP contribution in [0.3, 0.4) is 0 Å². The number of nitrogens with one attached hydrogen (secondary N) is 1. The summed E-state index contributed by atoms with van der Waals surface area (Å²) in [6, 6.07) is 18.4. The number of carbonyl (C=O) groups excluding carboxylic acids is 3. The number of ether oxygens (including phenoxy) is 1. The highest BCUT2D eigenvalue weighted by Gasteiger charge is 2.13. The molecule has 0 aliphatic heterocycles. The van der Waals surface area contributed by atoms with Crippen LogP contribution in [0.15, 0.2) is 77.4 Å². The van der Waals surface area contributed by atoms with E-state index in [0.717, 1.165) is 0 Å². The molecule has 0 saturated heterocycles. The predicted molar refractivity (Wildman–Crippen MR) is 97.2 cm³/mol. The molecular formula is C21H17NO5. The van der Waals surface area contributed by atoms with Crippen molar-refractivity contribution in [2.75, 3.05) is 6.61 Å². The van der Waals surface area contributed by atoms with E-state index in [1.807, 2.05) is 6.07 Å². The van der Waals surface area contributed by atoms with E-state index in [9.17, 15) is 14.4 Å². The predicted octanol–water partition coefficient (Wildman–Crippen LogP) is 2.98. The molecule has 3 rings (SSSR count). The zero-order valence-corrected chi connectivity index (χ0v) is 14.4. The number of hydrogen-bond donors (Lipinski definition) is 1. The molecular weight excluding hydrogens is 346 g/mol. The van der Waals surface area contributed by atoms with Crippen LogP contribution in [0, 0.1) is 0 Å². The Labute approximate surface area is 155 Å². The van der Waals surface area contributed by atoms with Crippen LogP contribution in [-0.4, -0.2) is 24.3 Å². The standard InChI is InChI=1S/C21H17NO5/c23-19(22-13-18-7-4-12-26-18)14-27-21(25)17-10-8-16(9-11-17)20(24)15-5-2-1-3-6-15/h1-12H,13-14H2,(H,22,23). The third kappa shape index (κ3) is 4.92. The van der Waals surface area contributed by atoms with Crippen molar-refractivity contribution in [3.8, 4) is 0 Å². The first-order valence-electron chi connectivity index (χ1n) is 8.29. The summed E-state index contributed by atoms with van der Waals surface area (Å²) in [5, 5.41) is 2.58. The summed E-state index contributed by atoms with van der Waals surface area (Å²) in [6.07, 6.45) is 1.51. The monoisotopic (exact) mass is 363 g/mol. The Morgan fingerprint density at radius 2 is 1.48 bits per heavy atom. The van der Waals surface area contributed by atoms with Crippen molar-refractivity contribution in [1.29, 1.82) is 0 Å². The molecule has 6 heteroatoms. The van der Waals surface area contributed by atoms with Gasteiger partial charge in [-0.25, -0.2) is 4.79 Å². The van der Waals surface area contributed by atoms with Crippen molar-refractivity contribution in [3.05, 3.63) is 95.4 Å². The van der Waals surface area contributed by atoms with Gasteiger partial charge in [0.25, 0.3) is 5.91 Å². The minimum absolute atomic E-state index is 0.132. The average Bonchev–Trinajstić information content (AvgIpc) is 3.24. The van der Waals surface area contributed by atoms with E-state index in [2.05, 4.69) is 5.32 Å². The maximum atomic E-state index is 12.3. The molecule has 1 aromatic heterocycles. The average molecular weight is 363 g/mol. The fourth-order valence-electron chi connectivity index (χ4n) is 2.38. The molecule has 6 nitrogen and oxygen atoms in total. The molecule has 1 N–H and O–H groups in total. The first-order chi connectivity index (χ1) is 13.1. The Hall–Kier alpha value is -3.67. The van der Waals surface area contributed by atoms with Gasteiger partial charge in [-0.2, -0.15) is 0 Å². The van der Waals surface area contributed by atoms with Gasteiger partial charge in [-0.3, -0.25) is 9.59 Å². The lowest BCUT2D eigenvalue weighted by atomic mass is 10.0. The molecule has 0 saturated carbocycles. The second kappa shape index (κ2) is 8.62. The Morgan fingerprint density at radius 1 is 0.815 bits per heavy atom. The summed E-state index contributed by atoms with van der Waals surface area (Å²) >= 11 is 0. The van der Waals surface area contributed by atoms with Crippen molar-refractivity contribution in [2.24, 2.45) is 0 Å². The highest BCUT2D eigenvalue weighted by molar-refractivity contribution is 6.09. The lowest BCUT2D eigenvalue weighted by Crippen LogP contribution is -2.28. The van der Waals surface area contributed by atoms with Crippen LogP contribution < -0.4 is 5.32 Å². The number of hydrogen-bond acceptors (Lipinski definition) is 5. The van der Waals surface area contributed by atoms with E-state index >= 15 is 0 Å². The van der Waals surface area contributed by atoms with Crippen LogP contribution in [0.1, 0.15) is 32.0 Å². The van der Waals surface area contributed by atoms with Crippen LogP contribution in [0.25, 0.3) is 0 Å². The fraction of sp³-hybridized carbons (Fsp3) is 0.0952. The third-order valence-electron chi connectivity index (χ3n) is 3.79. The van der Waals surface area contributed by atoms with E-state index in [-0.39, 0.29) is 17.9 Å². The number of amides is 1. The highest BCUT2D eigenvalue weighted by atomic mass is 16.5. The van der Waals surface area contributed by atoms with E-state index in [4.69, 9.17) is 9.15 Å². The molecule has 1 heterocycles. The van der Waals surface area contributed by atoms with Crippen LogP contribution in [0.2, 0.25) is 0 Å². The van der Waals surface area contributed by atoms with Gasteiger partial charge in [0, 0.05) is 11.1 Å². The van der Waals surface area contributed by atoms with Crippen LogP contribution >= 0.6 is 0 Å². The Balaban J connectivity index is 1.51. The molecule has 2 aromatic carbocycles. The van der Waals surface area contributed by atoms with Crippen molar-refractivity contribution in [1.82, 2.24) is 5.32 Å². The lowest BCUT2D eigenvalue weighted by molar-refractivity contribution is -0.124. The maximum absolute atomic E-state index is 12.3. The number of furan rings is 1. The zero-order valence-electron chi connectivity index (χ0n) is 14.4. The van der Waals surface area contributed by atoms with Gasteiger partial charge < -0.3 is 14.5 Å². The van der Waals surface area contributed by atoms with Gasteiger partial charge in [-0.1, -0.05) is 42.5 Å². The molecule has 3 aromatic rings. The Bertz CT molecular complexity index is 915. The topological polar surface area (TPSA) is 85.6 Å². The summed E-state index contributed by atoms with van der Waals surface area (Å²) in [6.45, 7) is -0.177. The van der Waals surface area contributed by atoms with Gasteiger partial charge in [0.05, 0.1) is 18.4 Å². The molecule has 27 heavy (non-hydrogen) atoms. The quantitative estimate of drug-likeness (QED) is 0.515. The van der Waals surface area contributed by atoms with Gasteiger partial charge in [0.15, 0.2) is 12.4 Å². The second-order valence-corrected chi connectivity index (χ2v) is 5.70. The van der Waals surface area contributed by atoms with Gasteiger partial charge in [-0.05, 0) is 24.3 Å². The van der Waals surface area contributed by atoms with Crippen molar-refractivity contribution in [3.63, 3.8) is 0 Å². The van der Waals surface area contributed by atoms with Crippen LogP contribution in [0.4, 0.5) is 0 Å². The van der Waals surface area contributed by atoms with E-state index in [1.165, 1.54) is 18.4 Å². The molecule has 0 radical (unpaired) electrons. The van der Waals surface area contributed by atoms with Gasteiger partial charge in [0.2, 0.25) is 0 Å². The largest absolute Gasteiger partial charge is 0.467 e. The lowest BCUT2D eigenvalue weighted by Gasteiger charge is -2.06. The fourth-order valence-corrected chi connectivity index (χ4v) is 2.38. The molecule has 0 aliphatic rings. The van der Waals surface area contributed by atoms with Crippen molar-refractivity contribution >= 4 is 17.7 Å². The molecule has 136 valence electrons. The van der Waals surface area contributed by atoms with E-state index in [0.29, 0.717) is 16.9 Å². The van der Waals surface area contributed by atoms with Gasteiger partial charge in [-0.15, -0.1) is 0 Å². The van der Waals surface area contributed by atoms with Crippen LogP contribution in [0.5, 0.6) is 0 Å². The number of ketones is 1. The molecule has 0 fully saturated rings. The minimum Gasteiger partial charge on any atom is -0.467 e. The summed E-state index contributed by atoms with van der Waals surface area (Å²) < 4.78 is 10.1. The number of esters is 1. The maximum Gasteiger partial charge on any atom is 0.338 e. The third-order valence-corrected chi connectivity index (χ3v) is 3.79. The molecule has 0 aliphatic carbocycles. The summed E-state index contributed by atoms with van der Waals surface area (Å²) in [7, 11) is 0. The highest BCUT2D eigenvalue weighted by Crippen LogP contribution is 2.12. The SMILES string of the molecule is O=C(COC(=O)c1ccc(C(=O)c2ccccc2)cc1)NCc1ccco1. The summed E-state index contributed by atoms with van der Waals surface area (Å²) in [4.78, 5) is 36.1. The first-order valence-corrected chi connectivity index (χ1v) is 8.29. The Kier molecular flexibility index (Phi) is 5.79. The molecule has 0 bridgehead atoms. The zero-order chi connectivity index (χ0) is 19.1. The normalized spacial score (nSPS) is 10.2. The van der Waals surface area contributed by atoms with Crippen molar-refractivity contribution < 1.29 is 23.5 Å². The van der Waals surface area contributed by atoms with Crippen molar-refractivity contribution in [2.45, 2.75) is 6.54 Å². The van der Waals surface area contributed by atoms with Gasteiger partial charge in [0.1, 0.15) is 5.76 Å². The van der Waals surface area contributed by atoms with E-state index < -0.39 is 18.5 Å². The van der Waals surface area contributed by atoms with Gasteiger partial charge >= 0.3 is 5.97 Å². The number of carbonyl (C=O) groups is 3. The molecule has 0 unspecified atom stereocenters. The minimum atomic E-state index is -0.637. The smallest absolute Gasteiger partial charge is 0.338 e. The molecule has 0 spiro atoms. The number of rotatable bonds is 7. The molecule has 0 atom stereocenters. The summed E-state index contributed by atoms with van der Waals surface area (Å²) in [5.74, 6) is -0.598. The number of benzene rings is 2. The second-order valence-electron chi connectivity index (χ2n) is 5.70. The van der Waals surface area contributed by atoms with E-state index in [1.54, 1.807) is 48.5 Å².